The molecule has 4 aromatic heterocycles. The SMILES string of the molecule is Nc1ncnc2c1ncn2[C@@H]1O[C@@H]2CO[P@@](=O)(S)O[C@@H]3C(CO[P@](=O)(S)O[C@H]2[C@H]1F)O[C@@H](n1cnc2c(N)ncnc21)[C@@H]3F. The number of thiol groups is 2. The quantitative estimate of drug-likeness (QED) is 0.174. The van der Waals surface area contributed by atoms with Crippen LogP contribution >= 0.6 is 38.1 Å². The first-order valence-electron chi connectivity index (χ1n) is 12.7. The van der Waals surface area contributed by atoms with Gasteiger partial charge in [-0.25, -0.2) is 47.8 Å². The Morgan fingerprint density at radius 1 is 0.727 bits per heavy atom. The van der Waals surface area contributed by atoms with E-state index in [2.05, 4.69) is 54.4 Å². The van der Waals surface area contributed by atoms with Crippen LogP contribution in [0.3, 0.4) is 0 Å². The summed E-state index contributed by atoms with van der Waals surface area (Å²) in [5.74, 6) is 0.101. The number of imidazole rings is 2. The molecule has 236 valence electrons. The number of nitrogens with zero attached hydrogens (tertiary/aromatic N) is 8. The number of hydrogen-bond donors (Lipinski definition) is 4. The predicted molar refractivity (Wildman–Crippen MR) is 152 cm³/mol. The summed E-state index contributed by atoms with van der Waals surface area (Å²) in [5, 5.41) is 0. The molecule has 0 spiro atoms. The molecule has 3 aliphatic rings. The Morgan fingerprint density at radius 3 is 1.55 bits per heavy atom. The molecule has 24 heteroatoms. The van der Waals surface area contributed by atoms with Crippen molar-refractivity contribution < 1.29 is 45.5 Å². The maximum absolute atomic E-state index is 16.0. The Morgan fingerprint density at radius 2 is 1.14 bits per heavy atom. The van der Waals surface area contributed by atoms with Gasteiger partial charge in [0, 0.05) is 0 Å². The van der Waals surface area contributed by atoms with Gasteiger partial charge in [-0.05, 0) is 0 Å². The molecular formula is C20H22F2N10O8P2S2. The fraction of sp³-hybridized carbons (Fsp3) is 0.500. The first-order chi connectivity index (χ1) is 20.9. The Labute approximate surface area is 255 Å². The van der Waals surface area contributed by atoms with E-state index in [0.29, 0.717) is 0 Å². The lowest BCUT2D eigenvalue weighted by molar-refractivity contribution is -0.0544. The van der Waals surface area contributed by atoms with Gasteiger partial charge in [-0.1, -0.05) is 24.5 Å². The van der Waals surface area contributed by atoms with E-state index in [0.717, 1.165) is 12.7 Å². The van der Waals surface area contributed by atoms with E-state index >= 15 is 8.78 Å². The molecule has 7 rings (SSSR count). The third-order valence-corrected chi connectivity index (χ3v) is 10.4. The fourth-order valence-electron chi connectivity index (χ4n) is 5.17. The molecule has 4 N–H and O–H groups in total. The molecule has 3 aliphatic heterocycles. The number of alkyl halides is 2. The molecule has 3 fully saturated rings. The van der Waals surface area contributed by atoms with E-state index in [1.54, 1.807) is 0 Å². The Balaban J connectivity index is 1.17. The van der Waals surface area contributed by atoms with Crippen LogP contribution in [0.5, 0.6) is 0 Å². The normalized spacial score (nSPS) is 38.3. The van der Waals surface area contributed by atoms with Gasteiger partial charge in [-0.3, -0.25) is 27.2 Å². The molecule has 18 nitrogen and oxygen atoms in total. The summed E-state index contributed by atoms with van der Waals surface area (Å²) in [6.07, 6.45) is -8.12. The highest BCUT2D eigenvalue weighted by Crippen LogP contribution is 2.60. The standard InChI is InChI=1S/C20H22F2N10O8P2S2/c21-9-13-7(37-19(9)31-5-29-11-15(23)25-3-27-17(11)31)1-35-41(33,43)40-14-8(2-36-42(34,44)39-13)38-20(10(14)22)32-6-30-12-16(24)26-4-28-18(12)32/h3-10,13-14,19-20H,1-2H2,(H,33,43)(H,34,44)(H2,23,25,27)(H2,24,26,28)/t7-,8?,9-,10-,13-,14-,19-,20-,41-,42+/m1/s1. The summed E-state index contributed by atoms with van der Waals surface area (Å²) in [5.41, 5.74) is 12.3. The topological polar surface area (TPSA) is 229 Å². The molecule has 0 bridgehead atoms. The predicted octanol–water partition coefficient (Wildman–Crippen LogP) is 2.19. The molecule has 0 saturated carbocycles. The molecule has 7 heterocycles. The minimum atomic E-state index is -4.39. The van der Waals surface area contributed by atoms with E-state index < -0.39 is 76.0 Å². The van der Waals surface area contributed by atoms with Gasteiger partial charge in [-0.15, -0.1) is 0 Å². The Hall–Kier alpha value is -2.52. The fourth-order valence-corrected chi connectivity index (χ4v) is 8.14. The molecule has 10 atom stereocenters. The van der Waals surface area contributed by atoms with Gasteiger partial charge in [0.05, 0.1) is 25.9 Å². The largest absolute Gasteiger partial charge is 0.386 e. The van der Waals surface area contributed by atoms with Crippen molar-refractivity contribution in [3.05, 3.63) is 25.3 Å². The van der Waals surface area contributed by atoms with Gasteiger partial charge in [0.1, 0.15) is 48.1 Å². The van der Waals surface area contributed by atoms with Crippen LogP contribution < -0.4 is 11.5 Å². The van der Waals surface area contributed by atoms with Crippen LogP contribution in [-0.4, -0.2) is 89.0 Å². The van der Waals surface area contributed by atoms with E-state index in [9.17, 15) is 9.13 Å². The lowest BCUT2D eigenvalue weighted by Crippen LogP contribution is -2.36. The van der Waals surface area contributed by atoms with Crippen LogP contribution in [0.25, 0.3) is 22.3 Å². The van der Waals surface area contributed by atoms with E-state index in [4.69, 9.17) is 39.0 Å². The number of halogens is 2. The Bertz CT molecular complexity index is 1710. The van der Waals surface area contributed by atoms with E-state index in [-0.39, 0.29) is 34.0 Å². The van der Waals surface area contributed by atoms with E-state index in [1.165, 1.54) is 21.8 Å². The van der Waals surface area contributed by atoms with Crippen LogP contribution in [0.15, 0.2) is 25.3 Å². The van der Waals surface area contributed by atoms with Crippen molar-refractivity contribution in [3.8, 4) is 0 Å². The number of hydrogen-bond acceptors (Lipinski definition) is 16. The van der Waals surface area contributed by atoms with Crippen molar-refractivity contribution in [2.45, 2.75) is 49.2 Å². The number of fused-ring (bicyclic) bond motifs is 4. The highest BCUT2D eigenvalue weighted by Gasteiger charge is 2.54. The van der Waals surface area contributed by atoms with Crippen molar-refractivity contribution in [3.63, 3.8) is 0 Å². The van der Waals surface area contributed by atoms with Crippen molar-refractivity contribution in [2.75, 3.05) is 24.7 Å². The summed E-state index contributed by atoms with van der Waals surface area (Å²) >= 11 is 7.99. The third-order valence-electron chi connectivity index (χ3n) is 7.17. The second-order valence-electron chi connectivity index (χ2n) is 9.85. The van der Waals surface area contributed by atoms with Crippen LogP contribution in [0.1, 0.15) is 12.5 Å². The number of rotatable bonds is 2. The van der Waals surface area contributed by atoms with Crippen LogP contribution in [-0.2, 0) is 36.7 Å². The van der Waals surface area contributed by atoms with E-state index in [1.807, 2.05) is 0 Å². The first kappa shape index (κ1) is 30.2. The second-order valence-corrected chi connectivity index (χ2v) is 15.6. The first-order valence-corrected chi connectivity index (χ1v) is 18.1. The average Bonchev–Trinajstić information content (AvgIpc) is 3.73. The highest BCUT2D eigenvalue weighted by molar-refractivity contribution is 8.44. The number of nitrogens with two attached hydrogens (primary N) is 2. The molecule has 44 heavy (non-hydrogen) atoms. The summed E-state index contributed by atoms with van der Waals surface area (Å²) in [6, 6.07) is 0. The lowest BCUT2D eigenvalue weighted by Gasteiger charge is -2.28. The van der Waals surface area contributed by atoms with Gasteiger partial charge >= 0.3 is 13.6 Å². The third kappa shape index (κ3) is 5.25. The van der Waals surface area contributed by atoms with Crippen LogP contribution in [0, 0.1) is 0 Å². The summed E-state index contributed by atoms with van der Waals surface area (Å²) in [7, 11) is 0. The molecule has 3 saturated heterocycles. The van der Waals surface area contributed by atoms with Crippen molar-refractivity contribution in [1.29, 1.82) is 0 Å². The summed E-state index contributed by atoms with van der Waals surface area (Å²) < 4.78 is 94.5. The summed E-state index contributed by atoms with van der Waals surface area (Å²) in [4.78, 5) is 24.0. The molecule has 0 aromatic carbocycles. The minimum absolute atomic E-state index is 0.0504. The summed E-state index contributed by atoms with van der Waals surface area (Å²) in [6.45, 7) is -10.1. The smallest absolute Gasteiger partial charge is 0.382 e. The molecule has 4 aromatic rings. The zero-order valence-corrected chi connectivity index (χ0v) is 25.5. The molecule has 0 radical (unpaired) electrons. The van der Waals surface area contributed by atoms with Gasteiger partial charge in [0.15, 0.2) is 47.7 Å². The molecular weight excluding hydrogens is 672 g/mol. The molecule has 0 amide bonds. The lowest BCUT2D eigenvalue weighted by atomic mass is 10.1. The maximum Gasteiger partial charge on any atom is 0.386 e. The van der Waals surface area contributed by atoms with Gasteiger partial charge < -0.3 is 20.9 Å². The molecule has 0 aliphatic carbocycles. The van der Waals surface area contributed by atoms with Gasteiger partial charge in [0.25, 0.3) is 0 Å². The number of ether oxygens (including phenoxy) is 2. The zero-order valence-electron chi connectivity index (χ0n) is 21.9. The highest BCUT2D eigenvalue weighted by atomic mass is 32.7. The Kier molecular flexibility index (Phi) is 7.59. The monoisotopic (exact) mass is 694 g/mol. The van der Waals surface area contributed by atoms with Gasteiger partial charge in [-0.2, -0.15) is 0 Å². The average molecular weight is 695 g/mol. The molecule has 1 unspecified atom stereocenters. The van der Waals surface area contributed by atoms with Crippen LogP contribution in [0.2, 0.25) is 0 Å². The van der Waals surface area contributed by atoms with Crippen molar-refractivity contribution in [2.24, 2.45) is 0 Å². The number of anilines is 2. The van der Waals surface area contributed by atoms with Gasteiger partial charge in [0.2, 0.25) is 0 Å². The minimum Gasteiger partial charge on any atom is -0.382 e. The number of aromatic nitrogens is 8. The van der Waals surface area contributed by atoms with Crippen molar-refractivity contribution in [1.82, 2.24) is 39.0 Å². The maximum atomic E-state index is 16.0. The zero-order chi connectivity index (χ0) is 31.0. The second kappa shape index (κ2) is 11.1. The number of nitrogen functional groups attached to an aromatic ring is 2. The van der Waals surface area contributed by atoms with Crippen LogP contribution in [0.4, 0.5) is 20.4 Å². The van der Waals surface area contributed by atoms with Crippen molar-refractivity contribution >= 4 is 72.1 Å².